The Morgan fingerprint density at radius 2 is 1.94 bits per heavy atom. The second kappa shape index (κ2) is 5.35. The van der Waals surface area contributed by atoms with Gasteiger partial charge in [0.05, 0.1) is 16.7 Å². The summed E-state index contributed by atoms with van der Waals surface area (Å²) in [7, 11) is 0. The molecule has 2 nitrogen and oxygen atoms in total. The van der Waals surface area contributed by atoms with Crippen molar-refractivity contribution in [3.63, 3.8) is 0 Å². The first-order valence-corrected chi connectivity index (χ1v) is 7.52. The van der Waals surface area contributed by atoms with E-state index in [1.165, 1.54) is 32.1 Å². The van der Waals surface area contributed by atoms with Gasteiger partial charge in [-0.2, -0.15) is 0 Å². The predicted octanol–water partition coefficient (Wildman–Crippen LogP) is 4.52. The Hall–Kier alpha value is -0.960. The Balaban J connectivity index is 1.83. The van der Waals surface area contributed by atoms with Gasteiger partial charge < -0.3 is 0 Å². The molecule has 1 aliphatic carbocycles. The van der Waals surface area contributed by atoms with E-state index in [4.69, 9.17) is 4.98 Å². The maximum atomic E-state index is 4.74. The average molecular weight is 305 g/mol. The quantitative estimate of drug-likeness (QED) is 0.815. The van der Waals surface area contributed by atoms with E-state index in [2.05, 4.69) is 20.9 Å². The number of halogens is 1. The second-order valence-electron chi connectivity index (χ2n) is 5.20. The molecule has 0 aliphatic heterocycles. The maximum absolute atomic E-state index is 4.74. The minimum absolute atomic E-state index is 0.817. The summed E-state index contributed by atoms with van der Waals surface area (Å²) in [6, 6.07) is 6.07. The summed E-state index contributed by atoms with van der Waals surface area (Å²) in [5, 5.41) is 0. The fourth-order valence-corrected chi connectivity index (χ4v) is 3.16. The lowest BCUT2D eigenvalue weighted by Gasteiger charge is -2.20. The summed E-state index contributed by atoms with van der Waals surface area (Å²) in [4.78, 5) is 9.24. The van der Waals surface area contributed by atoms with Gasteiger partial charge in [-0.1, -0.05) is 48.0 Å². The molecule has 1 aliphatic rings. The molecular weight excluding hydrogens is 288 g/mol. The molecule has 1 aromatic carbocycles. The van der Waals surface area contributed by atoms with E-state index < -0.39 is 0 Å². The van der Waals surface area contributed by atoms with Gasteiger partial charge in [-0.25, -0.2) is 4.98 Å². The zero-order chi connectivity index (χ0) is 12.4. The summed E-state index contributed by atoms with van der Waals surface area (Å²) in [5.41, 5.74) is 3.12. The van der Waals surface area contributed by atoms with E-state index in [1.807, 2.05) is 24.4 Å². The fraction of sp³-hybridized carbons (Fsp3) is 0.467. The van der Waals surface area contributed by atoms with Gasteiger partial charge in [0.2, 0.25) is 0 Å². The second-order valence-corrected chi connectivity index (χ2v) is 6.12. The molecule has 0 atom stereocenters. The van der Waals surface area contributed by atoms with Crippen molar-refractivity contribution in [2.45, 2.75) is 38.5 Å². The van der Waals surface area contributed by atoms with Crippen LogP contribution >= 0.6 is 15.9 Å². The summed E-state index contributed by atoms with van der Waals surface area (Å²) in [5.74, 6) is 0.817. The van der Waals surface area contributed by atoms with E-state index in [0.717, 1.165) is 33.5 Å². The van der Waals surface area contributed by atoms with Gasteiger partial charge in [0.15, 0.2) is 0 Å². The summed E-state index contributed by atoms with van der Waals surface area (Å²) >= 11 is 3.49. The lowest BCUT2D eigenvalue weighted by atomic mass is 9.86. The van der Waals surface area contributed by atoms with Crippen molar-refractivity contribution >= 4 is 27.0 Å². The monoisotopic (exact) mass is 304 g/mol. The molecule has 2 aromatic rings. The molecule has 1 aromatic heterocycles. The average Bonchev–Trinajstić information content (AvgIpc) is 2.39. The summed E-state index contributed by atoms with van der Waals surface area (Å²) < 4.78 is 1.07. The van der Waals surface area contributed by atoms with E-state index in [1.54, 1.807) is 0 Å². The molecule has 0 unspecified atom stereocenters. The van der Waals surface area contributed by atoms with Gasteiger partial charge in [-0.15, -0.1) is 0 Å². The van der Waals surface area contributed by atoms with Crippen molar-refractivity contribution in [3.8, 4) is 0 Å². The third-order valence-corrected chi connectivity index (χ3v) is 4.27. The molecule has 0 saturated heterocycles. The first-order chi connectivity index (χ1) is 8.81. The van der Waals surface area contributed by atoms with Crippen LogP contribution < -0.4 is 0 Å². The van der Waals surface area contributed by atoms with E-state index in [-0.39, 0.29) is 0 Å². The van der Waals surface area contributed by atoms with Crippen molar-refractivity contribution in [1.82, 2.24) is 9.97 Å². The third kappa shape index (κ3) is 2.72. The molecule has 0 bridgehead atoms. The largest absolute Gasteiger partial charge is 0.253 e. The highest BCUT2D eigenvalue weighted by molar-refractivity contribution is 9.10. The van der Waals surface area contributed by atoms with E-state index in [0.29, 0.717) is 0 Å². The lowest BCUT2D eigenvalue weighted by molar-refractivity contribution is 0.354. The molecule has 3 heteroatoms. The molecule has 18 heavy (non-hydrogen) atoms. The standard InChI is InChI=1S/C15H17BrN2/c16-12-6-7-14-15(9-12)18-13(10-17-14)8-11-4-2-1-3-5-11/h6-7,9-11H,1-5,8H2. The van der Waals surface area contributed by atoms with E-state index >= 15 is 0 Å². The van der Waals surface area contributed by atoms with Gasteiger partial charge in [0, 0.05) is 10.7 Å². The highest BCUT2D eigenvalue weighted by atomic mass is 79.9. The van der Waals surface area contributed by atoms with Gasteiger partial charge in [-0.3, -0.25) is 4.98 Å². The van der Waals surface area contributed by atoms with Crippen LogP contribution in [0.3, 0.4) is 0 Å². The molecule has 0 amide bonds. The highest BCUT2D eigenvalue weighted by Crippen LogP contribution is 2.26. The Bertz CT molecular complexity index is 547. The SMILES string of the molecule is Brc1ccc2ncc(CC3CCCCC3)nc2c1. The van der Waals surface area contributed by atoms with Gasteiger partial charge in [0.1, 0.15) is 0 Å². The van der Waals surface area contributed by atoms with Crippen LogP contribution in [0.4, 0.5) is 0 Å². The fourth-order valence-electron chi connectivity index (χ4n) is 2.81. The summed E-state index contributed by atoms with van der Waals surface area (Å²) in [6.07, 6.45) is 9.94. The topological polar surface area (TPSA) is 25.8 Å². The van der Waals surface area contributed by atoms with Crippen LogP contribution in [0.1, 0.15) is 37.8 Å². The summed E-state index contributed by atoms with van der Waals surface area (Å²) in [6.45, 7) is 0. The number of rotatable bonds is 2. The number of fused-ring (bicyclic) bond motifs is 1. The molecule has 0 N–H and O–H groups in total. The van der Waals surface area contributed by atoms with Crippen LogP contribution in [0.2, 0.25) is 0 Å². The molecule has 1 saturated carbocycles. The minimum atomic E-state index is 0.817. The molecule has 1 fully saturated rings. The van der Waals surface area contributed by atoms with Crippen LogP contribution in [0.5, 0.6) is 0 Å². The molecule has 94 valence electrons. The van der Waals surface area contributed by atoms with Crippen LogP contribution in [0.15, 0.2) is 28.9 Å². The molecule has 0 radical (unpaired) electrons. The Morgan fingerprint density at radius 1 is 1.11 bits per heavy atom. The van der Waals surface area contributed by atoms with Crippen molar-refractivity contribution in [2.24, 2.45) is 5.92 Å². The van der Waals surface area contributed by atoms with Crippen molar-refractivity contribution in [1.29, 1.82) is 0 Å². The first-order valence-electron chi connectivity index (χ1n) is 6.72. The number of aromatic nitrogens is 2. The zero-order valence-corrected chi connectivity index (χ0v) is 12.0. The smallest absolute Gasteiger partial charge is 0.0901 e. The third-order valence-electron chi connectivity index (χ3n) is 3.78. The number of hydrogen-bond acceptors (Lipinski definition) is 2. The van der Waals surface area contributed by atoms with Crippen molar-refractivity contribution < 1.29 is 0 Å². The van der Waals surface area contributed by atoms with E-state index in [9.17, 15) is 0 Å². The van der Waals surface area contributed by atoms with Crippen LogP contribution in [0, 0.1) is 5.92 Å². The lowest BCUT2D eigenvalue weighted by Crippen LogP contribution is -2.10. The molecule has 1 heterocycles. The van der Waals surface area contributed by atoms with Crippen LogP contribution in [-0.4, -0.2) is 9.97 Å². The van der Waals surface area contributed by atoms with Gasteiger partial charge in [0.25, 0.3) is 0 Å². The Kier molecular flexibility index (Phi) is 3.59. The number of hydrogen-bond donors (Lipinski definition) is 0. The highest BCUT2D eigenvalue weighted by Gasteiger charge is 2.14. The Morgan fingerprint density at radius 3 is 2.78 bits per heavy atom. The van der Waals surface area contributed by atoms with Crippen molar-refractivity contribution in [2.75, 3.05) is 0 Å². The minimum Gasteiger partial charge on any atom is -0.253 e. The molecule has 0 spiro atoms. The van der Waals surface area contributed by atoms with Crippen molar-refractivity contribution in [3.05, 3.63) is 34.6 Å². The normalized spacial score (nSPS) is 17.2. The predicted molar refractivity (Wildman–Crippen MR) is 77.5 cm³/mol. The molecular formula is C15H17BrN2. The van der Waals surface area contributed by atoms with Crippen LogP contribution in [-0.2, 0) is 6.42 Å². The Labute approximate surface area is 116 Å². The zero-order valence-electron chi connectivity index (χ0n) is 10.4. The number of nitrogens with zero attached hydrogens (tertiary/aromatic N) is 2. The first kappa shape index (κ1) is 12.1. The maximum Gasteiger partial charge on any atom is 0.0901 e. The molecule has 3 rings (SSSR count). The number of benzene rings is 1. The van der Waals surface area contributed by atoms with Gasteiger partial charge in [-0.05, 0) is 30.5 Å². The van der Waals surface area contributed by atoms with Gasteiger partial charge >= 0.3 is 0 Å². The van der Waals surface area contributed by atoms with Crippen LogP contribution in [0.25, 0.3) is 11.0 Å².